The zero-order chi connectivity index (χ0) is 29.5. The molecule has 0 saturated carbocycles. The number of benzene rings is 4. The Labute approximate surface area is 265 Å². The van der Waals surface area contributed by atoms with Gasteiger partial charge in [0.1, 0.15) is 22.8 Å². The van der Waals surface area contributed by atoms with E-state index in [0.717, 1.165) is 43.1 Å². The number of aromatic carboxylic acids is 1. The van der Waals surface area contributed by atoms with E-state index in [1.165, 1.54) is 19.6 Å². The fraction of sp³-hybridized carbons (Fsp3) is 0.212. The Hall–Kier alpha value is -4.21. The lowest BCUT2D eigenvalue weighted by molar-refractivity contribution is -0.117. The summed E-state index contributed by atoms with van der Waals surface area (Å²) < 4.78 is 11.7. The Balaban J connectivity index is 0.00000423. The summed E-state index contributed by atoms with van der Waals surface area (Å²) in [6.07, 6.45) is 3.38. The number of nitrogens with one attached hydrogen (secondary N) is 1. The predicted molar refractivity (Wildman–Crippen MR) is 175 cm³/mol. The largest absolute Gasteiger partial charge is 0.495 e. The van der Waals surface area contributed by atoms with E-state index >= 15 is 0 Å². The molecule has 0 bridgehead atoms. The van der Waals surface area contributed by atoms with Crippen molar-refractivity contribution in [3.63, 3.8) is 0 Å². The molecule has 1 heterocycles. The van der Waals surface area contributed by atoms with Gasteiger partial charge in [-0.2, -0.15) is 0 Å². The van der Waals surface area contributed by atoms with Crippen LogP contribution in [0, 0.1) is 0 Å². The molecule has 224 valence electrons. The molecule has 1 saturated heterocycles. The normalized spacial score (nSPS) is 12.6. The number of amides is 1. The lowest BCUT2D eigenvalue weighted by Gasteiger charge is -2.34. The molecule has 10 heteroatoms. The van der Waals surface area contributed by atoms with Crippen molar-refractivity contribution < 1.29 is 24.2 Å². The highest BCUT2D eigenvalue weighted by Crippen LogP contribution is 2.36. The lowest BCUT2D eigenvalue weighted by atomic mass is 10.1. The average molecular weight is 667 g/mol. The van der Waals surface area contributed by atoms with Crippen LogP contribution in [0.15, 0.2) is 95.5 Å². The third kappa shape index (κ3) is 7.60. The number of carbonyl (C=O) groups is 2. The summed E-state index contributed by atoms with van der Waals surface area (Å²) in [5, 5.41) is 11.1. The fourth-order valence-corrected chi connectivity index (χ4v) is 5.65. The number of ether oxygens (including phenoxy) is 2. The van der Waals surface area contributed by atoms with Crippen molar-refractivity contribution >= 4 is 57.3 Å². The van der Waals surface area contributed by atoms with E-state index in [1.807, 2.05) is 78.9 Å². The first kappa shape index (κ1) is 31.7. The van der Waals surface area contributed by atoms with Crippen LogP contribution in [0.4, 0.5) is 17.1 Å². The van der Waals surface area contributed by atoms with Gasteiger partial charge in [0, 0.05) is 13.1 Å². The van der Waals surface area contributed by atoms with Crippen LogP contribution in [-0.2, 0) is 11.2 Å². The van der Waals surface area contributed by atoms with E-state index in [1.54, 1.807) is 11.1 Å². The summed E-state index contributed by atoms with van der Waals surface area (Å²) in [4.78, 5) is 28.1. The molecule has 8 nitrogen and oxygen atoms in total. The Morgan fingerprint density at radius 3 is 2.21 bits per heavy atom. The summed E-state index contributed by atoms with van der Waals surface area (Å²) in [5.74, 6) is 0.252. The van der Waals surface area contributed by atoms with Crippen LogP contribution in [-0.4, -0.2) is 37.2 Å². The van der Waals surface area contributed by atoms with Gasteiger partial charge >= 0.3 is 5.97 Å². The minimum Gasteiger partial charge on any atom is -0.495 e. The summed E-state index contributed by atoms with van der Waals surface area (Å²) in [6, 6.07) is 27.9. The molecule has 0 atom stereocenters. The van der Waals surface area contributed by atoms with Gasteiger partial charge in [0.25, 0.3) is 0 Å². The highest BCUT2D eigenvalue weighted by atomic mass is 79.9. The summed E-state index contributed by atoms with van der Waals surface area (Å²) in [7, 11) is 1.41. The highest BCUT2D eigenvalue weighted by Gasteiger charge is 2.25. The number of hydrogen-bond donors (Lipinski definition) is 2. The standard InChI is InChI=1S/C33H32BrN3O5.ClH/c1-41-32-27(33(39)40)19-14-23(31(32)34)22-30(38)37(29-13-7-6-12-28(29)36-20-8-3-9-21-36)35-24-15-17-26(18-16-24)42-25-10-4-2-5-11-25;/h2,4-7,10-19,35H,3,8-9,20-22H2,1H3,(H,39,40);1H. The van der Waals surface area contributed by atoms with Crippen LogP contribution in [0.2, 0.25) is 0 Å². The molecule has 5 rings (SSSR count). The van der Waals surface area contributed by atoms with Crippen LogP contribution >= 0.6 is 28.3 Å². The van der Waals surface area contributed by atoms with E-state index in [-0.39, 0.29) is 36.0 Å². The van der Waals surface area contributed by atoms with Crippen molar-refractivity contribution in [1.82, 2.24) is 0 Å². The monoisotopic (exact) mass is 665 g/mol. The van der Waals surface area contributed by atoms with Crippen LogP contribution in [0.25, 0.3) is 0 Å². The van der Waals surface area contributed by atoms with Crippen molar-refractivity contribution in [2.45, 2.75) is 25.7 Å². The molecule has 0 aliphatic carbocycles. The number of carboxylic acid groups (broad SMARTS) is 1. The number of methoxy groups -OCH3 is 1. The van der Waals surface area contributed by atoms with Gasteiger partial charge in [-0.15, -0.1) is 12.4 Å². The van der Waals surface area contributed by atoms with Gasteiger partial charge in [-0.1, -0.05) is 36.4 Å². The average Bonchev–Trinajstić information content (AvgIpc) is 3.02. The first-order valence-corrected chi connectivity index (χ1v) is 14.6. The fourth-order valence-electron chi connectivity index (χ4n) is 5.01. The van der Waals surface area contributed by atoms with Crippen molar-refractivity contribution in [2.24, 2.45) is 0 Å². The molecule has 1 aliphatic rings. The first-order chi connectivity index (χ1) is 20.4. The van der Waals surface area contributed by atoms with E-state index in [4.69, 9.17) is 9.47 Å². The SMILES string of the molecule is COc1c(C(=O)O)ccc(CC(=O)N(Nc2ccc(Oc3ccccc3)cc2)c2ccccc2N2CCCCC2)c1Br.Cl. The van der Waals surface area contributed by atoms with Crippen molar-refractivity contribution in [2.75, 3.05) is 35.5 Å². The van der Waals surface area contributed by atoms with Gasteiger partial charge in [-0.05, 0) is 95.4 Å². The van der Waals surface area contributed by atoms with Crippen LogP contribution in [0.3, 0.4) is 0 Å². The maximum absolute atomic E-state index is 14.1. The zero-order valence-electron chi connectivity index (χ0n) is 23.7. The zero-order valence-corrected chi connectivity index (χ0v) is 26.1. The molecule has 43 heavy (non-hydrogen) atoms. The molecule has 2 N–H and O–H groups in total. The summed E-state index contributed by atoms with van der Waals surface area (Å²) in [5.41, 5.74) is 6.36. The molecule has 1 fully saturated rings. The van der Waals surface area contributed by atoms with Gasteiger partial charge in [-0.3, -0.25) is 10.2 Å². The smallest absolute Gasteiger partial charge is 0.339 e. The Morgan fingerprint density at radius 2 is 1.53 bits per heavy atom. The van der Waals surface area contributed by atoms with E-state index in [0.29, 0.717) is 21.5 Å². The predicted octanol–water partition coefficient (Wildman–Crippen LogP) is 7.96. The van der Waals surface area contributed by atoms with Crippen LogP contribution in [0.1, 0.15) is 35.2 Å². The maximum Gasteiger partial charge on any atom is 0.339 e. The van der Waals surface area contributed by atoms with E-state index in [9.17, 15) is 14.7 Å². The van der Waals surface area contributed by atoms with Crippen molar-refractivity contribution in [3.05, 3.63) is 107 Å². The third-order valence-electron chi connectivity index (χ3n) is 7.10. The van der Waals surface area contributed by atoms with E-state index in [2.05, 4.69) is 26.3 Å². The molecule has 1 aliphatic heterocycles. The highest BCUT2D eigenvalue weighted by molar-refractivity contribution is 9.10. The van der Waals surface area contributed by atoms with Gasteiger partial charge < -0.3 is 19.5 Å². The Bertz CT molecular complexity index is 1550. The number of carbonyl (C=O) groups excluding carboxylic acids is 1. The second-order valence-corrected chi connectivity index (χ2v) is 10.7. The molecule has 1 amide bonds. The minimum atomic E-state index is -1.11. The molecule has 0 unspecified atom stereocenters. The second kappa shape index (κ2) is 14.8. The number of rotatable bonds is 10. The third-order valence-corrected chi connectivity index (χ3v) is 7.97. The van der Waals surface area contributed by atoms with Crippen molar-refractivity contribution in [3.8, 4) is 17.2 Å². The van der Waals surface area contributed by atoms with Gasteiger partial charge in [-0.25, -0.2) is 9.80 Å². The number of anilines is 3. The lowest BCUT2D eigenvalue weighted by Crippen LogP contribution is -2.39. The van der Waals surface area contributed by atoms with Crippen LogP contribution in [0.5, 0.6) is 17.2 Å². The number of hydrogen-bond acceptors (Lipinski definition) is 6. The molecular formula is C33H33BrClN3O5. The number of hydrazine groups is 1. The molecule has 0 spiro atoms. The molecule has 4 aromatic carbocycles. The number of nitrogens with zero attached hydrogens (tertiary/aromatic N) is 2. The topological polar surface area (TPSA) is 91.3 Å². The number of carboxylic acids is 1. The number of piperidine rings is 1. The minimum absolute atomic E-state index is 0. The number of halogens is 2. The Kier molecular flexibility index (Phi) is 10.9. The molecular weight excluding hydrogens is 634 g/mol. The van der Waals surface area contributed by atoms with Crippen molar-refractivity contribution in [1.29, 1.82) is 0 Å². The molecule has 0 aromatic heterocycles. The summed E-state index contributed by atoms with van der Waals surface area (Å²) >= 11 is 3.47. The maximum atomic E-state index is 14.1. The molecule has 4 aromatic rings. The van der Waals surface area contributed by atoms with Gasteiger partial charge in [0.2, 0.25) is 5.91 Å². The van der Waals surface area contributed by atoms with E-state index < -0.39 is 5.97 Å². The summed E-state index contributed by atoms with van der Waals surface area (Å²) in [6.45, 7) is 1.84. The van der Waals surface area contributed by atoms with Gasteiger partial charge in [0.05, 0.1) is 35.1 Å². The van der Waals surface area contributed by atoms with Gasteiger partial charge in [0.15, 0.2) is 0 Å². The first-order valence-electron chi connectivity index (χ1n) is 13.8. The molecule has 0 radical (unpaired) electrons. The quantitative estimate of drug-likeness (QED) is 0.166. The van der Waals surface area contributed by atoms with Crippen LogP contribution < -0.4 is 24.8 Å². The Morgan fingerprint density at radius 1 is 0.884 bits per heavy atom. The number of para-hydroxylation sites is 3. The second-order valence-electron chi connectivity index (χ2n) is 9.92.